The van der Waals surface area contributed by atoms with Crippen LogP contribution in [0.1, 0.15) is 35.0 Å². The molecule has 170 valence electrons. The molecule has 0 saturated carbocycles. The van der Waals surface area contributed by atoms with Crippen LogP contribution in [0.15, 0.2) is 47.8 Å². The van der Waals surface area contributed by atoms with Crippen molar-refractivity contribution in [3.8, 4) is 0 Å². The standard InChI is InChI=1S/C23H23ClN6O2S/c24-17-3-1-15(2-4-17)13-32-23(31)30-9-7-16(8-10-30)22-26-19(14-33-22)12-25-18-5-6-20-21(11-18)28-29-27-20/h1-6,11,14,16,25H,7-10,12-13H2,(H,27,28,29). The molecule has 1 aliphatic heterocycles. The first-order valence-electron chi connectivity index (χ1n) is 10.8. The number of nitrogens with zero attached hydrogens (tertiary/aromatic N) is 4. The lowest BCUT2D eigenvalue weighted by molar-refractivity contribution is 0.0870. The molecule has 0 spiro atoms. The number of anilines is 1. The molecule has 0 unspecified atom stereocenters. The third-order valence-electron chi connectivity index (χ3n) is 5.74. The fourth-order valence-corrected chi connectivity index (χ4v) is 4.98. The number of likely N-dealkylation sites (tertiary alicyclic amines) is 1. The fraction of sp³-hybridized carbons (Fsp3) is 0.304. The first kappa shape index (κ1) is 21.7. The highest BCUT2D eigenvalue weighted by Gasteiger charge is 2.26. The maximum atomic E-state index is 12.4. The second kappa shape index (κ2) is 9.76. The molecule has 8 nitrogen and oxygen atoms in total. The summed E-state index contributed by atoms with van der Waals surface area (Å²) in [6, 6.07) is 13.2. The number of halogens is 1. The first-order chi connectivity index (χ1) is 16.1. The van der Waals surface area contributed by atoms with Gasteiger partial charge in [-0.15, -0.1) is 11.3 Å². The molecular formula is C23H23ClN6O2S. The average Bonchev–Trinajstić information content (AvgIpc) is 3.51. The van der Waals surface area contributed by atoms with Crippen LogP contribution in [0.25, 0.3) is 11.0 Å². The average molecular weight is 483 g/mol. The molecule has 1 amide bonds. The molecule has 1 aliphatic rings. The molecule has 1 fully saturated rings. The molecule has 3 heterocycles. The van der Waals surface area contributed by atoms with Crippen molar-refractivity contribution in [2.75, 3.05) is 18.4 Å². The van der Waals surface area contributed by atoms with Crippen molar-refractivity contribution >= 4 is 45.8 Å². The van der Waals surface area contributed by atoms with E-state index in [1.54, 1.807) is 28.4 Å². The number of carbonyl (C=O) groups is 1. The Morgan fingerprint density at radius 1 is 1.15 bits per heavy atom. The normalized spacial score (nSPS) is 14.5. The van der Waals surface area contributed by atoms with Crippen LogP contribution in [-0.4, -0.2) is 44.5 Å². The molecule has 4 aromatic rings. The molecule has 2 aromatic heterocycles. The van der Waals surface area contributed by atoms with Gasteiger partial charge in [0.05, 0.1) is 17.2 Å². The van der Waals surface area contributed by atoms with Crippen LogP contribution in [-0.2, 0) is 17.9 Å². The minimum Gasteiger partial charge on any atom is -0.445 e. The Balaban J connectivity index is 1.09. The van der Waals surface area contributed by atoms with Crippen molar-refractivity contribution in [1.29, 1.82) is 0 Å². The van der Waals surface area contributed by atoms with Gasteiger partial charge in [-0.25, -0.2) is 9.78 Å². The molecule has 0 radical (unpaired) electrons. The number of thiazole rings is 1. The zero-order chi connectivity index (χ0) is 22.6. The minimum absolute atomic E-state index is 0.252. The predicted octanol–water partition coefficient (Wildman–Crippen LogP) is 5.20. The highest BCUT2D eigenvalue weighted by molar-refractivity contribution is 7.09. The smallest absolute Gasteiger partial charge is 0.410 e. The van der Waals surface area contributed by atoms with Gasteiger partial charge in [0.15, 0.2) is 0 Å². The molecule has 0 aliphatic carbocycles. The van der Waals surface area contributed by atoms with Crippen molar-refractivity contribution in [2.24, 2.45) is 0 Å². The van der Waals surface area contributed by atoms with Gasteiger partial charge in [0.25, 0.3) is 0 Å². The minimum atomic E-state index is -0.267. The van der Waals surface area contributed by atoms with Gasteiger partial charge < -0.3 is 15.0 Å². The molecule has 2 N–H and O–H groups in total. The Bertz CT molecular complexity index is 1230. The van der Waals surface area contributed by atoms with E-state index in [1.165, 1.54) is 0 Å². The number of aromatic nitrogens is 4. The summed E-state index contributed by atoms with van der Waals surface area (Å²) in [5, 5.41) is 18.1. The van der Waals surface area contributed by atoms with Crippen molar-refractivity contribution < 1.29 is 9.53 Å². The van der Waals surface area contributed by atoms with E-state index in [9.17, 15) is 4.79 Å². The van der Waals surface area contributed by atoms with Crippen LogP contribution in [0.5, 0.6) is 0 Å². The summed E-state index contributed by atoms with van der Waals surface area (Å²) in [6.07, 6.45) is 1.51. The first-order valence-corrected chi connectivity index (χ1v) is 12.0. The van der Waals surface area contributed by atoms with Gasteiger partial charge in [-0.2, -0.15) is 15.4 Å². The lowest BCUT2D eigenvalue weighted by atomic mass is 9.98. The third kappa shape index (κ3) is 5.26. The molecule has 0 atom stereocenters. The molecule has 5 rings (SSSR count). The Morgan fingerprint density at radius 2 is 1.94 bits per heavy atom. The molecule has 2 aromatic carbocycles. The number of nitrogens with one attached hydrogen (secondary N) is 2. The van der Waals surface area contributed by atoms with Crippen molar-refractivity contribution in [3.63, 3.8) is 0 Å². The Hall–Kier alpha value is -3.17. The SMILES string of the molecule is O=C(OCc1ccc(Cl)cc1)N1CCC(c2nc(CNc3ccc4n[nH]nc4c3)cs2)CC1. The topological polar surface area (TPSA) is 96.0 Å². The van der Waals surface area contributed by atoms with Crippen LogP contribution in [0, 0.1) is 0 Å². The van der Waals surface area contributed by atoms with Gasteiger partial charge in [-0.3, -0.25) is 0 Å². The summed E-state index contributed by atoms with van der Waals surface area (Å²) < 4.78 is 5.46. The van der Waals surface area contributed by atoms with E-state index in [0.29, 0.717) is 30.6 Å². The van der Waals surface area contributed by atoms with E-state index >= 15 is 0 Å². The Kier molecular flexibility index (Phi) is 6.41. The van der Waals surface area contributed by atoms with Gasteiger partial charge in [0.1, 0.15) is 17.6 Å². The molecule has 10 heteroatoms. The lowest BCUT2D eigenvalue weighted by Crippen LogP contribution is -2.38. The van der Waals surface area contributed by atoms with Crippen LogP contribution in [0.4, 0.5) is 10.5 Å². The zero-order valence-electron chi connectivity index (χ0n) is 17.8. The van der Waals surface area contributed by atoms with Crippen LogP contribution in [0.2, 0.25) is 5.02 Å². The number of benzene rings is 2. The fourth-order valence-electron chi connectivity index (χ4n) is 3.86. The Labute approximate surface area is 199 Å². The summed E-state index contributed by atoms with van der Waals surface area (Å²) in [5.74, 6) is 0.371. The highest BCUT2D eigenvalue weighted by atomic mass is 35.5. The summed E-state index contributed by atoms with van der Waals surface area (Å²) in [7, 11) is 0. The summed E-state index contributed by atoms with van der Waals surface area (Å²) >= 11 is 7.58. The van der Waals surface area contributed by atoms with Crippen molar-refractivity contribution in [3.05, 3.63) is 69.1 Å². The number of piperidine rings is 1. The number of carbonyl (C=O) groups excluding carboxylic acids is 1. The molecular weight excluding hydrogens is 460 g/mol. The van der Waals surface area contributed by atoms with Crippen LogP contribution < -0.4 is 5.32 Å². The van der Waals surface area contributed by atoms with E-state index < -0.39 is 0 Å². The highest BCUT2D eigenvalue weighted by Crippen LogP contribution is 2.31. The number of ether oxygens (including phenoxy) is 1. The Morgan fingerprint density at radius 3 is 2.76 bits per heavy atom. The molecule has 33 heavy (non-hydrogen) atoms. The van der Waals surface area contributed by atoms with Crippen LogP contribution in [0.3, 0.4) is 0 Å². The maximum absolute atomic E-state index is 12.4. The zero-order valence-corrected chi connectivity index (χ0v) is 19.4. The van der Waals surface area contributed by atoms with E-state index in [4.69, 9.17) is 21.3 Å². The number of hydrogen-bond acceptors (Lipinski definition) is 7. The van der Waals surface area contributed by atoms with Gasteiger partial charge in [-0.05, 0) is 48.7 Å². The number of H-pyrrole nitrogens is 1. The maximum Gasteiger partial charge on any atom is 0.410 e. The van der Waals surface area contributed by atoms with Gasteiger partial charge in [0.2, 0.25) is 0 Å². The lowest BCUT2D eigenvalue weighted by Gasteiger charge is -2.30. The summed E-state index contributed by atoms with van der Waals surface area (Å²) in [6.45, 7) is 2.25. The number of amides is 1. The monoisotopic (exact) mass is 482 g/mol. The van der Waals surface area contributed by atoms with Gasteiger partial charge in [0, 0.05) is 35.1 Å². The number of hydrogen-bond donors (Lipinski definition) is 2. The quantitative estimate of drug-likeness (QED) is 0.392. The van der Waals surface area contributed by atoms with Crippen molar-refractivity contribution in [1.82, 2.24) is 25.3 Å². The van der Waals surface area contributed by atoms with Gasteiger partial charge >= 0.3 is 6.09 Å². The second-order valence-electron chi connectivity index (χ2n) is 8.00. The second-order valence-corrected chi connectivity index (χ2v) is 9.33. The number of rotatable bonds is 6. The predicted molar refractivity (Wildman–Crippen MR) is 129 cm³/mol. The number of fused-ring (bicyclic) bond motifs is 1. The summed E-state index contributed by atoms with van der Waals surface area (Å²) in [5.41, 5.74) is 4.60. The summed E-state index contributed by atoms with van der Waals surface area (Å²) in [4.78, 5) is 19.0. The van der Waals surface area contributed by atoms with Crippen LogP contribution >= 0.6 is 22.9 Å². The van der Waals surface area contributed by atoms with E-state index in [-0.39, 0.29) is 12.7 Å². The third-order valence-corrected chi connectivity index (χ3v) is 7.05. The van der Waals surface area contributed by atoms with Gasteiger partial charge in [-0.1, -0.05) is 23.7 Å². The van der Waals surface area contributed by atoms with Crippen molar-refractivity contribution in [2.45, 2.75) is 31.9 Å². The van der Waals surface area contributed by atoms with E-state index in [2.05, 4.69) is 26.1 Å². The number of aromatic amines is 1. The largest absolute Gasteiger partial charge is 0.445 e. The van der Waals surface area contributed by atoms with E-state index in [1.807, 2.05) is 30.3 Å². The van der Waals surface area contributed by atoms with E-state index in [0.717, 1.165) is 45.8 Å². The molecule has 0 bridgehead atoms. The molecule has 1 saturated heterocycles.